The second kappa shape index (κ2) is 10.2. The molecular formula is C25H21ClN2. The van der Waals surface area contributed by atoms with Crippen molar-refractivity contribution in [1.29, 1.82) is 0 Å². The first-order chi connectivity index (χ1) is 13.7. The molecule has 0 fully saturated rings. The van der Waals surface area contributed by atoms with Crippen molar-refractivity contribution in [3.8, 4) is 0 Å². The lowest BCUT2D eigenvalue weighted by Crippen LogP contribution is -1.86. The average Bonchev–Trinajstić information content (AvgIpc) is 2.75. The smallest absolute Gasteiger partial charge is 0.0780 e. The molecule has 0 saturated heterocycles. The van der Waals surface area contributed by atoms with Gasteiger partial charge in [0.2, 0.25) is 0 Å². The Morgan fingerprint density at radius 3 is 2.11 bits per heavy atom. The lowest BCUT2D eigenvalue weighted by Gasteiger charge is -2.01. The van der Waals surface area contributed by atoms with Crippen LogP contribution in [-0.2, 0) is 0 Å². The van der Waals surface area contributed by atoms with Crippen molar-refractivity contribution in [3.63, 3.8) is 0 Å². The summed E-state index contributed by atoms with van der Waals surface area (Å²) in [6.07, 6.45) is 3.84. The fourth-order valence-corrected chi connectivity index (χ4v) is 2.71. The lowest BCUT2D eigenvalue weighted by molar-refractivity contribution is 1.25. The Bertz CT molecular complexity index is 1010. The molecule has 3 heteroatoms. The van der Waals surface area contributed by atoms with Crippen LogP contribution in [0.4, 0.5) is 0 Å². The minimum Gasteiger partial charge on any atom is -0.288 e. The second-order valence-corrected chi connectivity index (χ2v) is 6.65. The maximum absolute atomic E-state index is 5.91. The van der Waals surface area contributed by atoms with Crippen LogP contribution >= 0.6 is 11.6 Å². The predicted octanol–water partition coefficient (Wildman–Crippen LogP) is 6.57. The standard InChI is InChI=1S/C25H21ClN2/c1-20(22-8-4-2-5-9-22)18-28-25(23-10-6-3-7-11-23)16-17-27-19-21-12-14-24(26)15-13-21/h2-16,19H,17H2,1H3/b25-16-,27-19?. The molecule has 0 aliphatic heterocycles. The number of rotatable bonds is 6. The van der Waals surface area contributed by atoms with Crippen molar-refractivity contribution in [2.45, 2.75) is 6.92 Å². The highest BCUT2D eigenvalue weighted by molar-refractivity contribution is 6.30. The summed E-state index contributed by atoms with van der Waals surface area (Å²) < 4.78 is 0. The zero-order chi connectivity index (χ0) is 19.6. The third-order valence-electron chi connectivity index (χ3n) is 4.12. The van der Waals surface area contributed by atoms with Crippen LogP contribution in [0.5, 0.6) is 0 Å². The summed E-state index contributed by atoms with van der Waals surface area (Å²) in [6.45, 7) is 2.54. The SMILES string of the molecule is CC(=C=N/C(=C\CN=Cc1ccc(Cl)cc1)c1ccccc1)c1ccccc1. The van der Waals surface area contributed by atoms with Gasteiger partial charge in [-0.3, -0.25) is 4.99 Å². The van der Waals surface area contributed by atoms with Crippen LogP contribution in [-0.4, -0.2) is 18.6 Å². The number of halogens is 1. The van der Waals surface area contributed by atoms with Crippen molar-refractivity contribution < 1.29 is 0 Å². The van der Waals surface area contributed by atoms with Gasteiger partial charge in [0.05, 0.1) is 12.2 Å². The van der Waals surface area contributed by atoms with Gasteiger partial charge in [0.15, 0.2) is 0 Å². The van der Waals surface area contributed by atoms with E-state index in [2.05, 4.69) is 28.0 Å². The number of hydrogen-bond acceptors (Lipinski definition) is 2. The van der Waals surface area contributed by atoms with Crippen LogP contribution < -0.4 is 0 Å². The van der Waals surface area contributed by atoms with Gasteiger partial charge in [0.25, 0.3) is 0 Å². The maximum atomic E-state index is 5.91. The number of benzene rings is 3. The van der Waals surface area contributed by atoms with E-state index in [1.807, 2.05) is 92.0 Å². The topological polar surface area (TPSA) is 24.7 Å². The van der Waals surface area contributed by atoms with Crippen LogP contribution in [0.25, 0.3) is 11.3 Å². The van der Waals surface area contributed by atoms with E-state index in [0.29, 0.717) is 6.54 Å². The molecule has 3 aromatic rings. The van der Waals surface area contributed by atoms with Crippen LogP contribution in [0.3, 0.4) is 0 Å². The van der Waals surface area contributed by atoms with E-state index in [1.54, 1.807) is 0 Å². The molecule has 2 nitrogen and oxygen atoms in total. The largest absolute Gasteiger partial charge is 0.288 e. The lowest BCUT2D eigenvalue weighted by atomic mass is 10.1. The Labute approximate surface area is 171 Å². The highest BCUT2D eigenvalue weighted by atomic mass is 35.5. The Balaban J connectivity index is 1.82. The van der Waals surface area contributed by atoms with Gasteiger partial charge in [0, 0.05) is 22.4 Å². The van der Waals surface area contributed by atoms with Crippen molar-refractivity contribution >= 4 is 35.0 Å². The number of allylic oxidation sites excluding steroid dienone is 1. The van der Waals surface area contributed by atoms with Gasteiger partial charge < -0.3 is 0 Å². The van der Waals surface area contributed by atoms with Crippen LogP contribution in [0.15, 0.2) is 101 Å². The summed E-state index contributed by atoms with van der Waals surface area (Å²) in [7, 11) is 0. The molecule has 138 valence electrons. The molecule has 0 bridgehead atoms. The zero-order valence-electron chi connectivity index (χ0n) is 15.7. The summed E-state index contributed by atoms with van der Waals surface area (Å²) in [6, 6.07) is 27.8. The third kappa shape index (κ3) is 5.92. The Morgan fingerprint density at radius 2 is 1.46 bits per heavy atom. The first-order valence-corrected chi connectivity index (χ1v) is 9.47. The van der Waals surface area contributed by atoms with E-state index in [0.717, 1.165) is 33.0 Å². The Morgan fingerprint density at radius 1 is 0.857 bits per heavy atom. The zero-order valence-corrected chi connectivity index (χ0v) is 16.5. The molecule has 0 aliphatic carbocycles. The number of aliphatic imine (C=N–C) groups is 2. The van der Waals surface area contributed by atoms with E-state index in [4.69, 9.17) is 11.6 Å². The van der Waals surface area contributed by atoms with Crippen LogP contribution in [0, 0.1) is 0 Å². The highest BCUT2D eigenvalue weighted by Crippen LogP contribution is 2.16. The molecule has 0 aliphatic rings. The second-order valence-electron chi connectivity index (χ2n) is 6.22. The summed E-state index contributed by atoms with van der Waals surface area (Å²) in [4.78, 5) is 9.09. The summed E-state index contributed by atoms with van der Waals surface area (Å²) >= 11 is 5.91. The Hall–Kier alpha value is -3.19. The minimum atomic E-state index is 0.530. The molecule has 0 atom stereocenters. The molecule has 0 aromatic heterocycles. The van der Waals surface area contributed by atoms with Gasteiger partial charge in [-0.15, -0.1) is 0 Å². The van der Waals surface area contributed by atoms with Gasteiger partial charge in [-0.05, 0) is 42.1 Å². The van der Waals surface area contributed by atoms with Crippen molar-refractivity contribution in [3.05, 3.63) is 113 Å². The van der Waals surface area contributed by atoms with E-state index in [9.17, 15) is 0 Å². The van der Waals surface area contributed by atoms with Crippen molar-refractivity contribution in [2.75, 3.05) is 6.54 Å². The van der Waals surface area contributed by atoms with E-state index >= 15 is 0 Å². The average molecular weight is 385 g/mol. The maximum Gasteiger partial charge on any atom is 0.0780 e. The van der Waals surface area contributed by atoms with Gasteiger partial charge in [-0.25, -0.2) is 4.99 Å². The van der Waals surface area contributed by atoms with E-state index in [-0.39, 0.29) is 0 Å². The molecule has 3 aromatic carbocycles. The van der Waals surface area contributed by atoms with Gasteiger partial charge in [-0.2, -0.15) is 0 Å². The molecule has 0 amide bonds. The van der Waals surface area contributed by atoms with Crippen molar-refractivity contribution in [1.82, 2.24) is 0 Å². The molecule has 3 rings (SSSR count). The monoisotopic (exact) mass is 384 g/mol. The summed E-state index contributed by atoms with van der Waals surface area (Å²) in [5.41, 5.74) is 5.01. The molecule has 0 saturated carbocycles. The minimum absolute atomic E-state index is 0.530. The fraction of sp³-hybridized carbons (Fsp3) is 0.0800. The van der Waals surface area contributed by atoms with Gasteiger partial charge >= 0.3 is 0 Å². The molecule has 0 spiro atoms. The Kier molecular flexibility index (Phi) is 7.14. The van der Waals surface area contributed by atoms with E-state index < -0.39 is 0 Å². The fourth-order valence-electron chi connectivity index (χ4n) is 2.58. The molecule has 0 radical (unpaired) electrons. The molecular weight excluding hydrogens is 364 g/mol. The van der Waals surface area contributed by atoms with E-state index in [1.165, 1.54) is 0 Å². The summed E-state index contributed by atoms with van der Waals surface area (Å²) in [5, 5.41) is 0.721. The normalized spacial score (nSPS) is 11.3. The quantitative estimate of drug-likeness (QED) is 0.429. The number of nitrogens with zero attached hydrogens (tertiary/aromatic N) is 2. The summed E-state index contributed by atoms with van der Waals surface area (Å²) in [5.74, 6) is 3.17. The number of hydrogen-bond donors (Lipinski definition) is 0. The van der Waals surface area contributed by atoms with Gasteiger partial charge in [-0.1, -0.05) is 84.4 Å². The van der Waals surface area contributed by atoms with Gasteiger partial charge in [0.1, 0.15) is 0 Å². The first kappa shape index (κ1) is 19.6. The molecule has 28 heavy (non-hydrogen) atoms. The molecule has 0 unspecified atom stereocenters. The predicted molar refractivity (Wildman–Crippen MR) is 121 cm³/mol. The molecule has 0 heterocycles. The van der Waals surface area contributed by atoms with Crippen LogP contribution in [0.2, 0.25) is 5.02 Å². The molecule has 0 N–H and O–H groups in total. The van der Waals surface area contributed by atoms with Crippen molar-refractivity contribution in [2.24, 2.45) is 9.98 Å². The highest BCUT2D eigenvalue weighted by Gasteiger charge is 1.98. The third-order valence-corrected chi connectivity index (χ3v) is 4.37. The first-order valence-electron chi connectivity index (χ1n) is 9.09. The van der Waals surface area contributed by atoms with Crippen LogP contribution in [0.1, 0.15) is 23.6 Å².